The van der Waals surface area contributed by atoms with Gasteiger partial charge in [-0.25, -0.2) is 4.79 Å². The summed E-state index contributed by atoms with van der Waals surface area (Å²) in [6, 6.07) is 0. The second-order valence-electron chi connectivity index (χ2n) is 4.73. The van der Waals surface area contributed by atoms with Crippen LogP contribution in [0.4, 0.5) is 0 Å². The minimum Gasteiger partial charge on any atom is -0.461 e. The Kier molecular flexibility index (Phi) is 3.93. The van der Waals surface area contributed by atoms with Crippen molar-refractivity contribution >= 4 is 11.9 Å². The standard InChI is InChI=1S/C14H19NO4/c1-4-18-14(17)13-8(2)12-10(15-13)6-5-7-11(12)19-9(3)16/h11,15H,4-7H2,1-3H3. The third-order valence-electron chi connectivity index (χ3n) is 3.38. The molecule has 0 amide bonds. The van der Waals surface area contributed by atoms with Crippen LogP contribution < -0.4 is 0 Å². The van der Waals surface area contributed by atoms with Gasteiger partial charge in [-0.05, 0) is 38.7 Å². The highest BCUT2D eigenvalue weighted by Gasteiger charge is 2.30. The number of H-pyrrole nitrogens is 1. The van der Waals surface area contributed by atoms with Gasteiger partial charge in [0, 0.05) is 18.2 Å². The van der Waals surface area contributed by atoms with E-state index in [1.54, 1.807) is 6.92 Å². The molecule has 1 N–H and O–H groups in total. The van der Waals surface area contributed by atoms with Crippen molar-refractivity contribution < 1.29 is 19.1 Å². The number of aryl methyl sites for hydroxylation is 1. The topological polar surface area (TPSA) is 68.4 Å². The first-order chi connectivity index (χ1) is 9.04. The van der Waals surface area contributed by atoms with E-state index in [1.807, 2.05) is 6.92 Å². The number of hydrogen-bond donors (Lipinski definition) is 1. The SMILES string of the molecule is CCOC(=O)c1[nH]c2c(c1C)C(OC(C)=O)CCC2. The van der Waals surface area contributed by atoms with Crippen molar-refractivity contribution in [3.63, 3.8) is 0 Å². The molecule has 0 spiro atoms. The lowest BCUT2D eigenvalue weighted by atomic mass is 9.92. The number of nitrogens with one attached hydrogen (secondary N) is 1. The number of hydrogen-bond acceptors (Lipinski definition) is 4. The zero-order chi connectivity index (χ0) is 14.0. The van der Waals surface area contributed by atoms with Crippen molar-refractivity contribution in [3.8, 4) is 0 Å². The van der Waals surface area contributed by atoms with Gasteiger partial charge < -0.3 is 14.5 Å². The molecule has 1 aliphatic rings. The van der Waals surface area contributed by atoms with Crippen molar-refractivity contribution in [1.29, 1.82) is 0 Å². The molecular weight excluding hydrogens is 246 g/mol. The van der Waals surface area contributed by atoms with Crippen molar-refractivity contribution in [3.05, 3.63) is 22.5 Å². The molecule has 0 saturated carbocycles. The maximum Gasteiger partial charge on any atom is 0.355 e. The summed E-state index contributed by atoms with van der Waals surface area (Å²) in [7, 11) is 0. The summed E-state index contributed by atoms with van der Waals surface area (Å²) in [6.45, 7) is 5.39. The van der Waals surface area contributed by atoms with Crippen LogP contribution >= 0.6 is 0 Å². The molecule has 0 aliphatic heterocycles. The molecular formula is C14H19NO4. The minimum atomic E-state index is -0.351. The van der Waals surface area contributed by atoms with Crippen molar-refractivity contribution in [1.82, 2.24) is 4.98 Å². The van der Waals surface area contributed by atoms with Crippen molar-refractivity contribution in [2.45, 2.75) is 46.1 Å². The van der Waals surface area contributed by atoms with Gasteiger partial charge in [-0.3, -0.25) is 4.79 Å². The molecule has 2 rings (SSSR count). The summed E-state index contributed by atoms with van der Waals surface area (Å²) in [4.78, 5) is 26.1. The van der Waals surface area contributed by atoms with Gasteiger partial charge in [0.05, 0.1) is 6.61 Å². The average Bonchev–Trinajstić information content (AvgIpc) is 2.68. The fourth-order valence-corrected chi connectivity index (χ4v) is 2.64. The Morgan fingerprint density at radius 2 is 2.16 bits per heavy atom. The minimum absolute atomic E-state index is 0.249. The van der Waals surface area contributed by atoms with Gasteiger partial charge in [0.2, 0.25) is 0 Å². The predicted molar refractivity (Wildman–Crippen MR) is 68.9 cm³/mol. The van der Waals surface area contributed by atoms with Crippen LogP contribution in [0.3, 0.4) is 0 Å². The first-order valence-electron chi connectivity index (χ1n) is 6.60. The Morgan fingerprint density at radius 3 is 2.79 bits per heavy atom. The third-order valence-corrected chi connectivity index (χ3v) is 3.38. The van der Waals surface area contributed by atoms with Crippen LogP contribution in [0.5, 0.6) is 0 Å². The molecule has 0 bridgehead atoms. The van der Waals surface area contributed by atoms with E-state index in [9.17, 15) is 9.59 Å². The number of carbonyl (C=O) groups excluding carboxylic acids is 2. The predicted octanol–water partition coefficient (Wildman–Crippen LogP) is 2.44. The molecule has 0 saturated heterocycles. The first-order valence-corrected chi connectivity index (χ1v) is 6.60. The molecule has 0 radical (unpaired) electrons. The van der Waals surface area contributed by atoms with Crippen molar-refractivity contribution in [2.75, 3.05) is 6.61 Å². The number of carbonyl (C=O) groups is 2. The van der Waals surface area contributed by atoms with Gasteiger partial charge in [-0.2, -0.15) is 0 Å². The molecule has 1 aromatic rings. The number of aromatic nitrogens is 1. The number of esters is 2. The van der Waals surface area contributed by atoms with E-state index in [2.05, 4.69) is 4.98 Å². The van der Waals surface area contributed by atoms with Crippen LogP contribution in [0.15, 0.2) is 0 Å². The summed E-state index contributed by atoms with van der Waals surface area (Å²) < 4.78 is 10.4. The maximum absolute atomic E-state index is 11.9. The van der Waals surface area contributed by atoms with E-state index in [-0.39, 0.29) is 18.0 Å². The van der Waals surface area contributed by atoms with E-state index < -0.39 is 0 Å². The molecule has 1 aliphatic carbocycles. The molecule has 1 unspecified atom stereocenters. The second kappa shape index (κ2) is 5.47. The van der Waals surface area contributed by atoms with Crippen LogP contribution in [0, 0.1) is 6.92 Å². The largest absolute Gasteiger partial charge is 0.461 e. The summed E-state index contributed by atoms with van der Waals surface area (Å²) in [5, 5.41) is 0. The van der Waals surface area contributed by atoms with Crippen LogP contribution in [-0.4, -0.2) is 23.5 Å². The van der Waals surface area contributed by atoms with Gasteiger partial charge in [-0.15, -0.1) is 0 Å². The molecule has 19 heavy (non-hydrogen) atoms. The Morgan fingerprint density at radius 1 is 1.42 bits per heavy atom. The summed E-state index contributed by atoms with van der Waals surface area (Å²) >= 11 is 0. The summed E-state index contributed by atoms with van der Waals surface area (Å²) in [5.41, 5.74) is 3.24. The molecule has 104 valence electrons. The summed E-state index contributed by atoms with van der Waals surface area (Å²) in [6.07, 6.45) is 2.36. The highest BCUT2D eigenvalue weighted by molar-refractivity contribution is 5.90. The van der Waals surface area contributed by atoms with Crippen LogP contribution in [0.2, 0.25) is 0 Å². The zero-order valence-corrected chi connectivity index (χ0v) is 11.5. The molecule has 1 aromatic heterocycles. The van der Waals surface area contributed by atoms with Crippen LogP contribution in [0.1, 0.15) is 60.1 Å². The van der Waals surface area contributed by atoms with E-state index in [0.717, 1.165) is 36.1 Å². The highest BCUT2D eigenvalue weighted by atomic mass is 16.5. The number of aromatic amines is 1. The lowest BCUT2D eigenvalue weighted by molar-refractivity contribution is -0.147. The fourth-order valence-electron chi connectivity index (χ4n) is 2.64. The molecule has 0 fully saturated rings. The van der Waals surface area contributed by atoms with Crippen molar-refractivity contribution in [2.24, 2.45) is 0 Å². The van der Waals surface area contributed by atoms with E-state index in [1.165, 1.54) is 6.92 Å². The Labute approximate surface area is 112 Å². The third kappa shape index (κ3) is 2.64. The molecule has 1 heterocycles. The number of ether oxygens (including phenoxy) is 2. The average molecular weight is 265 g/mol. The van der Waals surface area contributed by atoms with Gasteiger partial charge in [-0.1, -0.05) is 0 Å². The quantitative estimate of drug-likeness (QED) is 0.852. The lowest BCUT2D eigenvalue weighted by Gasteiger charge is -2.23. The fraction of sp³-hybridized carbons (Fsp3) is 0.571. The van der Waals surface area contributed by atoms with Gasteiger partial charge in [0.1, 0.15) is 11.8 Å². The Bertz CT molecular complexity index is 504. The Balaban J connectivity index is 2.35. The van der Waals surface area contributed by atoms with E-state index >= 15 is 0 Å². The molecule has 0 aromatic carbocycles. The van der Waals surface area contributed by atoms with E-state index in [4.69, 9.17) is 9.47 Å². The monoisotopic (exact) mass is 265 g/mol. The highest BCUT2D eigenvalue weighted by Crippen LogP contribution is 2.36. The van der Waals surface area contributed by atoms with Gasteiger partial charge in [0.25, 0.3) is 0 Å². The normalized spacial score (nSPS) is 17.7. The van der Waals surface area contributed by atoms with Gasteiger partial charge in [0.15, 0.2) is 0 Å². The van der Waals surface area contributed by atoms with Crippen LogP contribution in [-0.2, 0) is 20.7 Å². The molecule has 5 heteroatoms. The summed E-state index contributed by atoms with van der Waals surface area (Å²) in [5.74, 6) is -0.646. The lowest BCUT2D eigenvalue weighted by Crippen LogP contribution is -2.15. The number of rotatable bonds is 3. The van der Waals surface area contributed by atoms with E-state index in [0.29, 0.717) is 12.3 Å². The molecule has 1 atom stereocenters. The van der Waals surface area contributed by atoms with Gasteiger partial charge >= 0.3 is 11.9 Å². The molecule has 5 nitrogen and oxygen atoms in total. The number of fused-ring (bicyclic) bond motifs is 1. The first kappa shape index (κ1) is 13.6. The smallest absolute Gasteiger partial charge is 0.355 e. The Hall–Kier alpha value is -1.78. The second-order valence-corrected chi connectivity index (χ2v) is 4.73. The maximum atomic E-state index is 11.9. The zero-order valence-electron chi connectivity index (χ0n) is 11.5. The van der Waals surface area contributed by atoms with Crippen LogP contribution in [0.25, 0.3) is 0 Å².